The lowest BCUT2D eigenvalue weighted by atomic mass is 9.91. The number of hydrogen-bond acceptors (Lipinski definition) is 5. The number of halogens is 1. The van der Waals surface area contributed by atoms with Crippen molar-refractivity contribution in [3.8, 4) is 22.6 Å². The van der Waals surface area contributed by atoms with Gasteiger partial charge in [0.2, 0.25) is 0 Å². The Labute approximate surface area is 151 Å². The summed E-state index contributed by atoms with van der Waals surface area (Å²) in [4.78, 5) is 9.39. The molecule has 1 atom stereocenters. The minimum absolute atomic E-state index is 0.0116. The summed E-state index contributed by atoms with van der Waals surface area (Å²) >= 11 is 0. The highest BCUT2D eigenvalue weighted by atomic mass is 19.1. The van der Waals surface area contributed by atoms with Crippen molar-refractivity contribution >= 4 is 11.5 Å². The fourth-order valence-electron chi connectivity index (χ4n) is 3.45. The van der Waals surface area contributed by atoms with E-state index >= 15 is 0 Å². The third-order valence-electron chi connectivity index (χ3n) is 5.03. The number of nitrogens with zero attached hydrogens (tertiary/aromatic N) is 2. The number of methoxy groups -OCH3 is 1. The molecule has 4 rings (SSSR count). The van der Waals surface area contributed by atoms with Gasteiger partial charge in [0.15, 0.2) is 5.66 Å². The van der Waals surface area contributed by atoms with Crippen molar-refractivity contribution in [2.24, 2.45) is 21.6 Å². The molecule has 2 aromatic carbocycles. The Morgan fingerprint density at radius 1 is 1.15 bits per heavy atom. The van der Waals surface area contributed by atoms with Crippen LogP contribution >= 0.6 is 0 Å². The molecule has 1 aliphatic heterocycles. The summed E-state index contributed by atoms with van der Waals surface area (Å²) < 4.78 is 19.6. The average molecular weight is 353 g/mol. The first-order valence-electron chi connectivity index (χ1n) is 8.54. The van der Waals surface area contributed by atoms with Gasteiger partial charge in [-0.15, -0.1) is 0 Å². The lowest BCUT2D eigenvalue weighted by molar-refractivity contribution is 0.413. The molecule has 1 unspecified atom stereocenters. The van der Waals surface area contributed by atoms with Gasteiger partial charge >= 0.3 is 0 Å². The molecular weight excluding hydrogens is 333 g/mol. The lowest BCUT2D eigenvalue weighted by Crippen LogP contribution is -2.23. The van der Waals surface area contributed by atoms with Crippen LogP contribution in [-0.2, 0) is 5.66 Å². The second kappa shape index (κ2) is 5.83. The van der Waals surface area contributed by atoms with E-state index in [1.807, 2.05) is 6.92 Å². The largest absolute Gasteiger partial charge is 0.507 e. The minimum atomic E-state index is -0.772. The van der Waals surface area contributed by atoms with Crippen LogP contribution in [0.25, 0.3) is 11.1 Å². The average Bonchev–Trinajstić information content (AvgIpc) is 3.43. The molecule has 1 heterocycles. The van der Waals surface area contributed by atoms with Crippen LogP contribution in [0.4, 0.5) is 4.39 Å². The maximum absolute atomic E-state index is 14.4. The maximum atomic E-state index is 14.4. The van der Waals surface area contributed by atoms with Crippen molar-refractivity contribution in [1.82, 2.24) is 0 Å². The van der Waals surface area contributed by atoms with Crippen molar-refractivity contribution in [3.05, 3.63) is 47.8 Å². The zero-order valence-corrected chi connectivity index (χ0v) is 14.7. The standard InChI is InChI=1S/C20H20FN3O2/c1-11-19(22)24-20(23-11,12-3-4-12)13-5-8-18(25)16(9-13)15-10-14(26-2)6-7-17(15)21/h5-10,12,25H,3-4H2,1-2H3,(H2,22,24). The first-order chi connectivity index (χ1) is 12.4. The van der Waals surface area contributed by atoms with Crippen LogP contribution in [0, 0.1) is 11.7 Å². The Morgan fingerprint density at radius 2 is 1.92 bits per heavy atom. The zero-order chi connectivity index (χ0) is 18.5. The third-order valence-corrected chi connectivity index (χ3v) is 5.03. The molecule has 1 aliphatic carbocycles. The third kappa shape index (κ3) is 2.53. The van der Waals surface area contributed by atoms with E-state index in [0.29, 0.717) is 22.9 Å². The number of aromatic hydroxyl groups is 1. The Bertz CT molecular complexity index is 930. The highest BCUT2D eigenvalue weighted by Crippen LogP contribution is 2.52. The van der Waals surface area contributed by atoms with E-state index in [1.54, 1.807) is 30.3 Å². The van der Waals surface area contributed by atoms with Crippen molar-refractivity contribution in [2.75, 3.05) is 7.11 Å². The summed E-state index contributed by atoms with van der Waals surface area (Å²) in [5.74, 6) is 0.764. The van der Waals surface area contributed by atoms with Crippen LogP contribution in [0.15, 0.2) is 46.4 Å². The number of rotatable bonds is 4. The van der Waals surface area contributed by atoms with Crippen molar-refractivity contribution in [2.45, 2.75) is 25.4 Å². The van der Waals surface area contributed by atoms with Gasteiger partial charge in [0.05, 0.1) is 12.8 Å². The summed E-state index contributed by atoms with van der Waals surface area (Å²) in [6.07, 6.45) is 2.02. The lowest BCUT2D eigenvalue weighted by Gasteiger charge is -2.24. The van der Waals surface area contributed by atoms with Crippen LogP contribution in [0.3, 0.4) is 0 Å². The number of benzene rings is 2. The Morgan fingerprint density at radius 3 is 2.54 bits per heavy atom. The SMILES string of the molecule is COc1ccc(F)c(-c2cc(C3(C4CC4)N=C(C)C(N)=N3)ccc2O)c1. The predicted octanol–water partition coefficient (Wildman–Crippen LogP) is 3.60. The van der Waals surface area contributed by atoms with Gasteiger partial charge in [0.1, 0.15) is 23.2 Å². The van der Waals surface area contributed by atoms with E-state index in [9.17, 15) is 9.50 Å². The first-order valence-corrected chi connectivity index (χ1v) is 8.54. The smallest absolute Gasteiger partial charge is 0.181 e. The number of nitrogens with two attached hydrogens (primary N) is 1. The molecular formula is C20H20FN3O2. The molecule has 0 amide bonds. The number of ether oxygens (including phenoxy) is 1. The van der Waals surface area contributed by atoms with Crippen molar-refractivity contribution in [3.63, 3.8) is 0 Å². The number of phenolic OH excluding ortho intramolecular Hbond substituents is 1. The van der Waals surface area contributed by atoms with E-state index in [-0.39, 0.29) is 17.2 Å². The maximum Gasteiger partial charge on any atom is 0.181 e. The second-order valence-corrected chi connectivity index (χ2v) is 6.77. The molecule has 2 aromatic rings. The summed E-state index contributed by atoms with van der Waals surface area (Å²) in [5.41, 5.74) is 7.38. The van der Waals surface area contributed by atoms with Gasteiger partial charge in [-0.05, 0) is 50.1 Å². The molecule has 1 fully saturated rings. The molecule has 2 aliphatic rings. The second-order valence-electron chi connectivity index (χ2n) is 6.77. The molecule has 3 N–H and O–H groups in total. The molecule has 1 saturated carbocycles. The van der Waals surface area contributed by atoms with E-state index in [2.05, 4.69) is 4.99 Å². The normalized spacial score (nSPS) is 22.1. The number of amidine groups is 1. The zero-order valence-electron chi connectivity index (χ0n) is 14.7. The summed E-state index contributed by atoms with van der Waals surface area (Å²) in [6.45, 7) is 1.84. The van der Waals surface area contributed by atoms with Gasteiger partial charge in [-0.3, -0.25) is 4.99 Å². The minimum Gasteiger partial charge on any atom is -0.507 e. The number of phenols is 1. The van der Waals surface area contributed by atoms with Gasteiger partial charge in [0.25, 0.3) is 0 Å². The van der Waals surface area contributed by atoms with Gasteiger partial charge in [-0.2, -0.15) is 0 Å². The molecule has 5 nitrogen and oxygen atoms in total. The van der Waals surface area contributed by atoms with Crippen LogP contribution in [0.2, 0.25) is 0 Å². The highest BCUT2D eigenvalue weighted by molar-refractivity contribution is 6.41. The van der Waals surface area contributed by atoms with Crippen molar-refractivity contribution in [1.29, 1.82) is 0 Å². The molecule has 0 aromatic heterocycles. The Balaban J connectivity index is 1.88. The number of aliphatic imine (C=N–C) groups is 2. The first kappa shape index (κ1) is 16.6. The van der Waals surface area contributed by atoms with Gasteiger partial charge < -0.3 is 15.6 Å². The van der Waals surface area contributed by atoms with Crippen LogP contribution in [0.5, 0.6) is 11.5 Å². The van der Waals surface area contributed by atoms with E-state index in [4.69, 9.17) is 15.5 Å². The predicted molar refractivity (Wildman–Crippen MR) is 99.2 cm³/mol. The van der Waals surface area contributed by atoms with Crippen molar-refractivity contribution < 1.29 is 14.2 Å². The Kier molecular flexibility index (Phi) is 3.72. The van der Waals surface area contributed by atoms with E-state index < -0.39 is 11.5 Å². The van der Waals surface area contributed by atoms with Crippen LogP contribution < -0.4 is 10.5 Å². The fourth-order valence-corrected chi connectivity index (χ4v) is 3.45. The van der Waals surface area contributed by atoms with Gasteiger partial charge in [-0.1, -0.05) is 6.07 Å². The molecule has 0 spiro atoms. The molecule has 0 saturated heterocycles. The molecule has 0 radical (unpaired) electrons. The summed E-state index contributed by atoms with van der Waals surface area (Å²) in [6, 6.07) is 9.53. The highest BCUT2D eigenvalue weighted by Gasteiger charge is 2.49. The number of hydrogen-bond donors (Lipinski definition) is 2. The van der Waals surface area contributed by atoms with Gasteiger partial charge in [0, 0.05) is 22.6 Å². The van der Waals surface area contributed by atoms with Crippen LogP contribution in [-0.4, -0.2) is 23.8 Å². The summed E-state index contributed by atoms with van der Waals surface area (Å²) in [7, 11) is 1.52. The van der Waals surface area contributed by atoms with E-state index in [0.717, 1.165) is 18.4 Å². The molecule has 26 heavy (non-hydrogen) atoms. The fraction of sp³-hybridized carbons (Fsp3) is 0.300. The monoisotopic (exact) mass is 353 g/mol. The quantitative estimate of drug-likeness (QED) is 0.881. The molecule has 134 valence electrons. The Hall–Kier alpha value is -2.89. The van der Waals surface area contributed by atoms with E-state index in [1.165, 1.54) is 13.2 Å². The van der Waals surface area contributed by atoms with Crippen LogP contribution in [0.1, 0.15) is 25.3 Å². The molecule has 6 heteroatoms. The topological polar surface area (TPSA) is 80.2 Å². The van der Waals surface area contributed by atoms with Gasteiger partial charge in [-0.25, -0.2) is 9.38 Å². The summed E-state index contributed by atoms with van der Waals surface area (Å²) in [5, 5.41) is 10.4. The molecule has 0 bridgehead atoms.